The standard InChI is InChI=1S/C18H16IN3O/c1-13-20-10-11-22(13)12-14-6-8-15(9-7-14)21-18(23)16-4-2-3-5-17(16)19/h2-11H,12H2,1H3,(H,21,23). The van der Waals surface area contributed by atoms with E-state index in [0.717, 1.165) is 21.6 Å². The highest BCUT2D eigenvalue weighted by Crippen LogP contribution is 2.16. The molecule has 0 bridgehead atoms. The first-order valence-corrected chi connectivity index (χ1v) is 8.34. The van der Waals surface area contributed by atoms with E-state index in [1.54, 1.807) is 6.20 Å². The van der Waals surface area contributed by atoms with E-state index < -0.39 is 0 Å². The lowest BCUT2D eigenvalue weighted by Crippen LogP contribution is -2.13. The number of hydrogen-bond acceptors (Lipinski definition) is 2. The molecule has 0 spiro atoms. The summed E-state index contributed by atoms with van der Waals surface area (Å²) in [5.74, 6) is 0.897. The van der Waals surface area contributed by atoms with Crippen molar-refractivity contribution < 1.29 is 4.79 Å². The van der Waals surface area contributed by atoms with Crippen LogP contribution in [0.15, 0.2) is 60.9 Å². The number of rotatable bonds is 4. The fraction of sp³-hybridized carbons (Fsp3) is 0.111. The van der Waals surface area contributed by atoms with Crippen LogP contribution in [0.25, 0.3) is 0 Å². The zero-order valence-electron chi connectivity index (χ0n) is 12.7. The maximum atomic E-state index is 12.3. The smallest absolute Gasteiger partial charge is 0.256 e. The Hall–Kier alpha value is -2.15. The lowest BCUT2D eigenvalue weighted by molar-refractivity contribution is 0.102. The third-order valence-electron chi connectivity index (χ3n) is 3.61. The minimum atomic E-state index is -0.0896. The fourth-order valence-corrected chi connectivity index (χ4v) is 2.94. The van der Waals surface area contributed by atoms with Crippen LogP contribution < -0.4 is 5.32 Å². The molecule has 0 unspecified atom stereocenters. The number of hydrogen-bond donors (Lipinski definition) is 1. The molecule has 0 saturated heterocycles. The zero-order chi connectivity index (χ0) is 16.2. The zero-order valence-corrected chi connectivity index (χ0v) is 14.8. The van der Waals surface area contributed by atoms with Crippen molar-refractivity contribution in [3.8, 4) is 0 Å². The Labute approximate surface area is 148 Å². The normalized spacial score (nSPS) is 10.5. The van der Waals surface area contributed by atoms with Crippen molar-refractivity contribution in [2.75, 3.05) is 5.32 Å². The highest BCUT2D eigenvalue weighted by atomic mass is 127. The molecule has 23 heavy (non-hydrogen) atoms. The van der Waals surface area contributed by atoms with E-state index in [9.17, 15) is 4.79 Å². The van der Waals surface area contributed by atoms with Crippen LogP contribution in [-0.4, -0.2) is 15.5 Å². The van der Waals surface area contributed by atoms with E-state index in [4.69, 9.17) is 0 Å². The molecule has 3 aromatic rings. The molecule has 4 nitrogen and oxygen atoms in total. The molecule has 2 aromatic carbocycles. The van der Waals surface area contributed by atoms with E-state index in [1.165, 1.54) is 5.56 Å². The third kappa shape index (κ3) is 3.79. The molecule has 0 aliphatic carbocycles. The Morgan fingerprint density at radius 3 is 2.57 bits per heavy atom. The van der Waals surface area contributed by atoms with Gasteiger partial charge in [0, 0.05) is 28.2 Å². The van der Waals surface area contributed by atoms with Gasteiger partial charge in [-0.15, -0.1) is 0 Å². The van der Waals surface area contributed by atoms with Gasteiger partial charge in [-0.3, -0.25) is 4.79 Å². The number of benzene rings is 2. The highest BCUT2D eigenvalue weighted by Gasteiger charge is 2.09. The Balaban J connectivity index is 1.69. The molecule has 1 heterocycles. The highest BCUT2D eigenvalue weighted by molar-refractivity contribution is 14.1. The van der Waals surface area contributed by atoms with Crippen molar-refractivity contribution in [2.45, 2.75) is 13.5 Å². The summed E-state index contributed by atoms with van der Waals surface area (Å²) < 4.78 is 3.02. The van der Waals surface area contributed by atoms with Crippen LogP contribution in [0.1, 0.15) is 21.7 Å². The topological polar surface area (TPSA) is 46.9 Å². The first kappa shape index (κ1) is 15.7. The van der Waals surface area contributed by atoms with Crippen molar-refractivity contribution in [3.63, 3.8) is 0 Å². The molecular formula is C18H16IN3O. The number of aromatic nitrogens is 2. The summed E-state index contributed by atoms with van der Waals surface area (Å²) in [7, 11) is 0. The predicted octanol–water partition coefficient (Wildman–Crippen LogP) is 4.10. The van der Waals surface area contributed by atoms with Gasteiger partial charge in [0.05, 0.1) is 5.56 Å². The van der Waals surface area contributed by atoms with Crippen LogP contribution in [0.3, 0.4) is 0 Å². The molecule has 116 valence electrons. The van der Waals surface area contributed by atoms with Crippen LogP contribution in [0, 0.1) is 10.5 Å². The molecule has 0 saturated carbocycles. The predicted molar refractivity (Wildman–Crippen MR) is 99.6 cm³/mol. The first-order chi connectivity index (χ1) is 11.1. The summed E-state index contributed by atoms with van der Waals surface area (Å²) in [4.78, 5) is 16.5. The Morgan fingerprint density at radius 2 is 1.91 bits per heavy atom. The summed E-state index contributed by atoms with van der Waals surface area (Å²) in [5, 5.41) is 2.93. The molecule has 0 fully saturated rings. The molecule has 1 amide bonds. The molecule has 0 atom stereocenters. The minimum absolute atomic E-state index is 0.0896. The van der Waals surface area contributed by atoms with E-state index in [1.807, 2.05) is 61.7 Å². The summed E-state index contributed by atoms with van der Waals surface area (Å²) >= 11 is 2.17. The van der Waals surface area contributed by atoms with Crippen LogP contribution >= 0.6 is 22.6 Å². The number of nitrogens with zero attached hydrogens (tertiary/aromatic N) is 2. The van der Waals surface area contributed by atoms with Gasteiger partial charge in [0.15, 0.2) is 0 Å². The second-order valence-electron chi connectivity index (χ2n) is 5.23. The summed E-state index contributed by atoms with van der Waals surface area (Å²) in [6.07, 6.45) is 3.76. The molecule has 0 aliphatic rings. The Kier molecular flexibility index (Phi) is 4.76. The van der Waals surface area contributed by atoms with Gasteiger partial charge in [-0.1, -0.05) is 24.3 Å². The maximum Gasteiger partial charge on any atom is 0.256 e. The molecule has 3 rings (SSSR count). The number of halogens is 1. The lowest BCUT2D eigenvalue weighted by atomic mass is 10.2. The second kappa shape index (κ2) is 6.95. The molecule has 5 heteroatoms. The second-order valence-corrected chi connectivity index (χ2v) is 6.40. The van der Waals surface area contributed by atoms with E-state index in [-0.39, 0.29) is 5.91 Å². The van der Waals surface area contributed by atoms with Gasteiger partial charge in [-0.05, 0) is 59.3 Å². The summed E-state index contributed by atoms with van der Waals surface area (Å²) in [6, 6.07) is 15.4. The SMILES string of the molecule is Cc1nccn1Cc1ccc(NC(=O)c2ccccc2I)cc1. The largest absolute Gasteiger partial charge is 0.331 e. The summed E-state index contributed by atoms with van der Waals surface area (Å²) in [5.41, 5.74) is 2.64. The molecule has 0 radical (unpaired) electrons. The monoisotopic (exact) mass is 417 g/mol. The van der Waals surface area contributed by atoms with Crippen LogP contribution in [-0.2, 0) is 6.54 Å². The Morgan fingerprint density at radius 1 is 1.17 bits per heavy atom. The first-order valence-electron chi connectivity index (χ1n) is 7.26. The van der Waals surface area contributed by atoms with Gasteiger partial charge < -0.3 is 9.88 Å². The molecule has 1 aromatic heterocycles. The molecule has 1 N–H and O–H groups in total. The van der Waals surface area contributed by atoms with Crippen LogP contribution in [0.2, 0.25) is 0 Å². The van der Waals surface area contributed by atoms with Gasteiger partial charge in [-0.25, -0.2) is 4.98 Å². The fourth-order valence-electron chi connectivity index (χ4n) is 2.30. The quantitative estimate of drug-likeness (QED) is 0.650. The Bertz CT molecular complexity index is 824. The number of carbonyl (C=O) groups is 1. The number of imidazole rings is 1. The lowest BCUT2D eigenvalue weighted by Gasteiger charge is -2.09. The van der Waals surface area contributed by atoms with Crippen molar-refractivity contribution in [1.29, 1.82) is 0 Å². The number of amides is 1. The third-order valence-corrected chi connectivity index (χ3v) is 4.55. The van der Waals surface area contributed by atoms with Crippen molar-refractivity contribution >= 4 is 34.2 Å². The van der Waals surface area contributed by atoms with Gasteiger partial charge >= 0.3 is 0 Å². The van der Waals surface area contributed by atoms with Crippen molar-refractivity contribution in [2.24, 2.45) is 0 Å². The average molecular weight is 417 g/mol. The number of carbonyl (C=O) groups excluding carboxylic acids is 1. The van der Waals surface area contributed by atoms with Gasteiger partial charge in [0.1, 0.15) is 5.82 Å². The van der Waals surface area contributed by atoms with Crippen LogP contribution in [0.4, 0.5) is 5.69 Å². The summed E-state index contributed by atoms with van der Waals surface area (Å²) in [6.45, 7) is 2.76. The molecular weight excluding hydrogens is 401 g/mol. The van der Waals surface area contributed by atoms with E-state index in [2.05, 4.69) is 37.5 Å². The maximum absolute atomic E-state index is 12.3. The van der Waals surface area contributed by atoms with E-state index >= 15 is 0 Å². The number of anilines is 1. The van der Waals surface area contributed by atoms with Gasteiger partial charge in [0.25, 0.3) is 5.91 Å². The van der Waals surface area contributed by atoms with Crippen molar-refractivity contribution in [1.82, 2.24) is 9.55 Å². The van der Waals surface area contributed by atoms with E-state index in [0.29, 0.717) is 5.56 Å². The minimum Gasteiger partial charge on any atom is -0.331 e. The van der Waals surface area contributed by atoms with Gasteiger partial charge in [0.2, 0.25) is 0 Å². The molecule has 0 aliphatic heterocycles. The van der Waals surface area contributed by atoms with Crippen molar-refractivity contribution in [3.05, 3.63) is 81.4 Å². The number of nitrogens with one attached hydrogen (secondary N) is 1. The van der Waals surface area contributed by atoms with Crippen LogP contribution in [0.5, 0.6) is 0 Å². The van der Waals surface area contributed by atoms with Gasteiger partial charge in [-0.2, -0.15) is 0 Å². The number of aryl methyl sites for hydroxylation is 1. The average Bonchev–Trinajstić information content (AvgIpc) is 2.95.